The number of aryl methyl sites for hydroxylation is 1. The first-order chi connectivity index (χ1) is 13.3. The van der Waals surface area contributed by atoms with Gasteiger partial charge in [-0.15, -0.1) is 0 Å². The van der Waals surface area contributed by atoms with E-state index in [9.17, 15) is 9.59 Å². The number of aldehydes is 1. The van der Waals surface area contributed by atoms with E-state index in [-0.39, 0.29) is 25.6 Å². The second kappa shape index (κ2) is 8.04. The minimum atomic E-state index is -0.618. The number of hydrogen-bond donors (Lipinski definition) is 0. The fourth-order valence-corrected chi connectivity index (χ4v) is 3.01. The van der Waals surface area contributed by atoms with Gasteiger partial charge in [0.25, 0.3) is 0 Å². The third-order valence-corrected chi connectivity index (χ3v) is 4.23. The van der Waals surface area contributed by atoms with E-state index in [0.29, 0.717) is 18.1 Å². The first-order valence-corrected chi connectivity index (χ1v) is 9.38. The lowest BCUT2D eigenvalue weighted by atomic mass is 10.1. The fourth-order valence-electron chi connectivity index (χ4n) is 3.01. The number of hydrogen-bond acceptors (Lipinski definition) is 6. The molecule has 7 heteroatoms. The first-order valence-electron chi connectivity index (χ1n) is 9.38. The van der Waals surface area contributed by atoms with Gasteiger partial charge in [0.15, 0.2) is 17.6 Å². The van der Waals surface area contributed by atoms with Crippen LogP contribution in [-0.4, -0.2) is 53.7 Å². The maximum absolute atomic E-state index is 12.5. The zero-order valence-corrected chi connectivity index (χ0v) is 16.7. The summed E-state index contributed by atoms with van der Waals surface area (Å²) >= 11 is 0. The summed E-state index contributed by atoms with van der Waals surface area (Å²) in [5, 5.41) is 0.865. The summed E-state index contributed by atoms with van der Waals surface area (Å²) in [6, 6.07) is 7.63. The largest absolute Gasteiger partial charge is 0.486 e. The van der Waals surface area contributed by atoms with Gasteiger partial charge in [-0.05, 0) is 52.0 Å². The van der Waals surface area contributed by atoms with Crippen LogP contribution in [0.15, 0.2) is 24.3 Å². The molecular weight excluding hydrogens is 360 g/mol. The van der Waals surface area contributed by atoms with Crippen molar-refractivity contribution in [1.82, 2.24) is 9.88 Å². The molecule has 2 heterocycles. The van der Waals surface area contributed by atoms with Crippen molar-refractivity contribution < 1.29 is 23.8 Å². The predicted octanol–water partition coefficient (Wildman–Crippen LogP) is 3.51. The summed E-state index contributed by atoms with van der Waals surface area (Å²) in [7, 11) is 0. The average molecular weight is 386 g/mol. The Morgan fingerprint density at radius 2 is 2.11 bits per heavy atom. The molecule has 0 spiro atoms. The Morgan fingerprint density at radius 3 is 2.82 bits per heavy atom. The molecule has 150 valence electrons. The number of benzene rings is 1. The number of aromatic nitrogens is 1. The standard InChI is InChI=1S/C21H26N2O5/c1-14-6-7-16-17(22-14)8-9-18-19(16)27-15(13-26-18)12-23(10-5-11-24)20(25)28-21(2,3)4/h6-9,11,15H,5,10,12-13H2,1-4H3/t15-/m0/s1. The number of ether oxygens (including phenoxy) is 3. The molecule has 0 unspecified atom stereocenters. The van der Waals surface area contributed by atoms with E-state index in [1.807, 2.05) is 31.2 Å². The van der Waals surface area contributed by atoms with E-state index in [1.54, 1.807) is 20.8 Å². The van der Waals surface area contributed by atoms with Crippen LogP contribution >= 0.6 is 0 Å². The highest BCUT2D eigenvalue weighted by Gasteiger charge is 2.29. The highest BCUT2D eigenvalue weighted by molar-refractivity contribution is 5.88. The van der Waals surface area contributed by atoms with Gasteiger partial charge in [-0.3, -0.25) is 4.98 Å². The van der Waals surface area contributed by atoms with Gasteiger partial charge >= 0.3 is 6.09 Å². The number of nitrogens with zero attached hydrogens (tertiary/aromatic N) is 2. The van der Waals surface area contributed by atoms with E-state index < -0.39 is 11.7 Å². The van der Waals surface area contributed by atoms with E-state index in [4.69, 9.17) is 14.2 Å². The molecular formula is C21H26N2O5. The Labute approximate surface area is 164 Å². The van der Waals surface area contributed by atoms with Gasteiger partial charge in [-0.2, -0.15) is 0 Å². The molecule has 0 aliphatic carbocycles. The lowest BCUT2D eigenvalue weighted by Crippen LogP contribution is -2.46. The SMILES string of the molecule is Cc1ccc2c3c(ccc2n1)OC[C@H](CN(CCC=O)C(=O)OC(C)(C)C)O3. The van der Waals surface area contributed by atoms with Gasteiger partial charge in [0.1, 0.15) is 18.5 Å². The molecule has 2 aromatic rings. The molecule has 0 saturated heterocycles. The number of fused-ring (bicyclic) bond motifs is 3. The quantitative estimate of drug-likeness (QED) is 0.732. The van der Waals surface area contributed by atoms with Crippen molar-refractivity contribution in [2.24, 2.45) is 0 Å². The van der Waals surface area contributed by atoms with Gasteiger partial charge < -0.3 is 23.9 Å². The molecule has 0 bridgehead atoms. The second-order valence-electron chi connectivity index (χ2n) is 7.84. The van der Waals surface area contributed by atoms with Crippen molar-refractivity contribution in [1.29, 1.82) is 0 Å². The summed E-state index contributed by atoms with van der Waals surface area (Å²) in [6.07, 6.45) is 0.166. The van der Waals surface area contributed by atoms with Crippen molar-refractivity contribution in [2.45, 2.75) is 45.8 Å². The maximum atomic E-state index is 12.5. The topological polar surface area (TPSA) is 78.0 Å². The monoisotopic (exact) mass is 386 g/mol. The zero-order valence-electron chi connectivity index (χ0n) is 16.7. The van der Waals surface area contributed by atoms with Gasteiger partial charge in [0.2, 0.25) is 0 Å². The van der Waals surface area contributed by atoms with Crippen LogP contribution in [0.4, 0.5) is 4.79 Å². The minimum Gasteiger partial charge on any atom is -0.486 e. The Hall–Kier alpha value is -2.83. The number of rotatable bonds is 5. The molecule has 0 saturated carbocycles. The molecule has 0 fully saturated rings. The van der Waals surface area contributed by atoms with Crippen LogP contribution in [0.1, 0.15) is 32.9 Å². The van der Waals surface area contributed by atoms with E-state index in [0.717, 1.165) is 22.9 Å². The smallest absolute Gasteiger partial charge is 0.410 e. The van der Waals surface area contributed by atoms with Crippen molar-refractivity contribution in [2.75, 3.05) is 19.7 Å². The van der Waals surface area contributed by atoms with Crippen molar-refractivity contribution in [3.63, 3.8) is 0 Å². The minimum absolute atomic E-state index is 0.232. The second-order valence-corrected chi connectivity index (χ2v) is 7.84. The van der Waals surface area contributed by atoms with Crippen molar-refractivity contribution in [3.8, 4) is 11.5 Å². The average Bonchev–Trinajstić information content (AvgIpc) is 2.63. The molecule has 1 aromatic heterocycles. The first kappa shape index (κ1) is 19.9. The van der Waals surface area contributed by atoms with Crippen LogP contribution in [0.5, 0.6) is 11.5 Å². The fraction of sp³-hybridized carbons (Fsp3) is 0.476. The summed E-state index contributed by atoms with van der Waals surface area (Å²) < 4.78 is 17.5. The number of amides is 1. The summed E-state index contributed by atoms with van der Waals surface area (Å²) in [6.45, 7) is 8.18. The highest BCUT2D eigenvalue weighted by Crippen LogP contribution is 2.38. The number of carbonyl (C=O) groups is 2. The molecule has 1 aliphatic rings. The van der Waals surface area contributed by atoms with Gasteiger partial charge in [0.05, 0.1) is 12.1 Å². The zero-order chi connectivity index (χ0) is 20.3. The third kappa shape index (κ3) is 4.71. The molecule has 0 N–H and O–H groups in total. The van der Waals surface area contributed by atoms with Crippen molar-refractivity contribution >= 4 is 23.3 Å². The van der Waals surface area contributed by atoms with Crippen LogP contribution in [0.25, 0.3) is 10.9 Å². The Balaban J connectivity index is 1.79. The van der Waals surface area contributed by atoms with Crippen LogP contribution in [0, 0.1) is 6.92 Å². The van der Waals surface area contributed by atoms with Crippen molar-refractivity contribution in [3.05, 3.63) is 30.0 Å². The Bertz CT molecular complexity index is 875. The molecule has 3 rings (SSSR count). The lowest BCUT2D eigenvalue weighted by Gasteiger charge is -2.32. The summed E-state index contributed by atoms with van der Waals surface area (Å²) in [4.78, 5) is 29.3. The van der Waals surface area contributed by atoms with E-state index in [2.05, 4.69) is 4.98 Å². The van der Waals surface area contributed by atoms with Crippen LogP contribution in [0.3, 0.4) is 0 Å². The Kier molecular flexibility index (Phi) is 5.72. The molecule has 28 heavy (non-hydrogen) atoms. The molecule has 1 atom stereocenters. The Morgan fingerprint density at radius 1 is 1.32 bits per heavy atom. The highest BCUT2D eigenvalue weighted by atomic mass is 16.6. The molecule has 0 radical (unpaired) electrons. The maximum Gasteiger partial charge on any atom is 0.410 e. The van der Waals surface area contributed by atoms with Crippen LogP contribution in [0.2, 0.25) is 0 Å². The summed E-state index contributed by atoms with van der Waals surface area (Å²) in [5.74, 6) is 1.28. The molecule has 1 aromatic carbocycles. The normalized spacial score (nSPS) is 15.9. The van der Waals surface area contributed by atoms with Gasteiger partial charge in [-0.25, -0.2) is 4.79 Å². The van der Waals surface area contributed by atoms with E-state index >= 15 is 0 Å². The number of pyridine rings is 1. The summed E-state index contributed by atoms with van der Waals surface area (Å²) in [5.41, 5.74) is 1.13. The molecule has 1 amide bonds. The predicted molar refractivity (Wildman–Crippen MR) is 105 cm³/mol. The van der Waals surface area contributed by atoms with Crippen LogP contribution in [-0.2, 0) is 9.53 Å². The number of carbonyl (C=O) groups excluding carboxylic acids is 2. The molecule has 1 aliphatic heterocycles. The van der Waals surface area contributed by atoms with Gasteiger partial charge in [-0.1, -0.05) is 0 Å². The van der Waals surface area contributed by atoms with Crippen LogP contribution < -0.4 is 9.47 Å². The van der Waals surface area contributed by atoms with Gasteiger partial charge in [0, 0.05) is 24.0 Å². The van der Waals surface area contributed by atoms with E-state index in [1.165, 1.54) is 4.90 Å². The lowest BCUT2D eigenvalue weighted by molar-refractivity contribution is -0.108. The third-order valence-electron chi connectivity index (χ3n) is 4.23. The molecule has 7 nitrogen and oxygen atoms in total.